The molecule has 0 spiro atoms. The van der Waals surface area contributed by atoms with Crippen molar-refractivity contribution in [1.82, 2.24) is 0 Å². The van der Waals surface area contributed by atoms with Gasteiger partial charge in [-0.05, 0) is 24.8 Å². The molecule has 0 aliphatic heterocycles. The zero-order valence-corrected chi connectivity index (χ0v) is 8.27. The summed E-state index contributed by atoms with van der Waals surface area (Å²) >= 11 is 0. The lowest BCUT2D eigenvalue weighted by Crippen LogP contribution is -2.07. The third-order valence-corrected chi connectivity index (χ3v) is 2.61. The predicted molar refractivity (Wildman–Crippen MR) is 53.9 cm³/mol. The highest BCUT2D eigenvalue weighted by Gasteiger charge is 2.44. The van der Waals surface area contributed by atoms with E-state index in [9.17, 15) is 4.79 Å². The van der Waals surface area contributed by atoms with Crippen molar-refractivity contribution in [3.63, 3.8) is 0 Å². The van der Waals surface area contributed by atoms with Crippen molar-refractivity contribution in [2.24, 2.45) is 5.92 Å². The Hall–Kier alpha value is -1.31. The molecule has 2 nitrogen and oxygen atoms in total. The quantitative estimate of drug-likeness (QED) is 0.684. The Balaban J connectivity index is 1.96. The zero-order valence-electron chi connectivity index (χ0n) is 8.27. The lowest BCUT2D eigenvalue weighted by atomic mass is 10.1. The van der Waals surface area contributed by atoms with Crippen molar-refractivity contribution in [2.45, 2.75) is 19.3 Å². The second kappa shape index (κ2) is 3.82. The van der Waals surface area contributed by atoms with Crippen LogP contribution in [0.5, 0.6) is 0 Å². The number of hydrogen-bond donors (Lipinski definition) is 0. The SMILES string of the molecule is CCOC(=O)[C@H]1C[C@@H]1c1ccccc1. The second-order valence-corrected chi connectivity index (χ2v) is 3.61. The molecular formula is C12H14O2. The molecule has 0 radical (unpaired) electrons. The molecule has 1 fully saturated rings. The number of benzene rings is 1. The highest BCUT2D eigenvalue weighted by molar-refractivity contribution is 5.77. The fraction of sp³-hybridized carbons (Fsp3) is 0.417. The molecule has 0 saturated heterocycles. The van der Waals surface area contributed by atoms with Crippen molar-refractivity contribution < 1.29 is 9.53 Å². The van der Waals surface area contributed by atoms with Gasteiger partial charge in [-0.15, -0.1) is 0 Å². The van der Waals surface area contributed by atoms with Crippen LogP contribution in [0, 0.1) is 5.92 Å². The third kappa shape index (κ3) is 1.79. The average Bonchev–Trinajstić information content (AvgIpc) is 2.99. The molecule has 2 heteroatoms. The van der Waals surface area contributed by atoms with E-state index in [1.807, 2.05) is 25.1 Å². The van der Waals surface area contributed by atoms with Gasteiger partial charge in [-0.3, -0.25) is 4.79 Å². The first kappa shape index (κ1) is 9.25. The summed E-state index contributed by atoms with van der Waals surface area (Å²) in [4.78, 5) is 11.4. The standard InChI is InChI=1S/C12H14O2/c1-2-14-12(13)11-8-10(11)9-6-4-3-5-7-9/h3-7,10-11H,2,8H2,1H3/t10-,11+/m1/s1. The Bertz CT molecular complexity index is 318. The molecule has 1 aliphatic carbocycles. The van der Waals surface area contributed by atoms with E-state index in [1.54, 1.807) is 0 Å². The summed E-state index contributed by atoms with van der Waals surface area (Å²) in [5.74, 6) is 0.467. The molecule has 0 aromatic heterocycles. The van der Waals surface area contributed by atoms with E-state index >= 15 is 0 Å². The van der Waals surface area contributed by atoms with Gasteiger partial charge in [0.1, 0.15) is 0 Å². The molecule has 1 aliphatic rings. The van der Waals surface area contributed by atoms with Crippen LogP contribution in [0.15, 0.2) is 30.3 Å². The smallest absolute Gasteiger partial charge is 0.309 e. The van der Waals surface area contributed by atoms with Gasteiger partial charge in [-0.25, -0.2) is 0 Å². The van der Waals surface area contributed by atoms with Crippen LogP contribution in [-0.4, -0.2) is 12.6 Å². The summed E-state index contributed by atoms with van der Waals surface area (Å²) in [5, 5.41) is 0. The predicted octanol–water partition coefficient (Wildman–Crippen LogP) is 2.35. The summed E-state index contributed by atoms with van der Waals surface area (Å²) in [7, 11) is 0. The number of esters is 1. The fourth-order valence-corrected chi connectivity index (χ4v) is 1.77. The van der Waals surface area contributed by atoms with Crippen molar-refractivity contribution in [3.05, 3.63) is 35.9 Å². The molecule has 0 bridgehead atoms. The Labute approximate surface area is 83.9 Å². The molecule has 1 aromatic rings. The minimum Gasteiger partial charge on any atom is -0.466 e. The van der Waals surface area contributed by atoms with Crippen LogP contribution in [0.4, 0.5) is 0 Å². The number of rotatable bonds is 3. The molecule has 74 valence electrons. The van der Waals surface area contributed by atoms with E-state index in [-0.39, 0.29) is 11.9 Å². The summed E-state index contributed by atoms with van der Waals surface area (Å²) in [6.45, 7) is 2.33. The maximum Gasteiger partial charge on any atom is 0.309 e. The van der Waals surface area contributed by atoms with Gasteiger partial charge in [-0.2, -0.15) is 0 Å². The van der Waals surface area contributed by atoms with E-state index in [1.165, 1.54) is 5.56 Å². The van der Waals surface area contributed by atoms with Gasteiger partial charge < -0.3 is 4.74 Å². The van der Waals surface area contributed by atoms with Crippen molar-refractivity contribution >= 4 is 5.97 Å². The molecule has 0 N–H and O–H groups in total. The fourth-order valence-electron chi connectivity index (χ4n) is 1.77. The first-order chi connectivity index (χ1) is 6.83. The molecule has 0 unspecified atom stereocenters. The molecule has 2 rings (SSSR count). The highest BCUT2D eigenvalue weighted by Crippen LogP contribution is 2.47. The summed E-state index contributed by atoms with van der Waals surface area (Å²) in [5.41, 5.74) is 1.26. The number of carbonyl (C=O) groups excluding carboxylic acids is 1. The Morgan fingerprint density at radius 3 is 2.79 bits per heavy atom. The molecular weight excluding hydrogens is 176 g/mol. The van der Waals surface area contributed by atoms with Gasteiger partial charge in [-0.1, -0.05) is 30.3 Å². The van der Waals surface area contributed by atoms with Crippen LogP contribution in [0.3, 0.4) is 0 Å². The number of ether oxygens (including phenoxy) is 1. The van der Waals surface area contributed by atoms with Crippen LogP contribution in [0.25, 0.3) is 0 Å². The van der Waals surface area contributed by atoms with E-state index in [0.717, 1.165) is 6.42 Å². The minimum atomic E-state index is -0.0404. The van der Waals surface area contributed by atoms with Crippen molar-refractivity contribution in [2.75, 3.05) is 6.61 Å². The van der Waals surface area contributed by atoms with E-state index in [0.29, 0.717) is 12.5 Å². The summed E-state index contributed by atoms with van der Waals surface area (Å²) in [6.07, 6.45) is 0.947. The third-order valence-electron chi connectivity index (χ3n) is 2.61. The number of carbonyl (C=O) groups is 1. The van der Waals surface area contributed by atoms with Crippen molar-refractivity contribution in [3.8, 4) is 0 Å². The normalized spacial score (nSPS) is 24.4. The Kier molecular flexibility index (Phi) is 2.53. The lowest BCUT2D eigenvalue weighted by molar-refractivity contribution is -0.144. The van der Waals surface area contributed by atoms with E-state index in [2.05, 4.69) is 12.1 Å². The number of hydrogen-bond acceptors (Lipinski definition) is 2. The van der Waals surface area contributed by atoms with Gasteiger partial charge >= 0.3 is 5.97 Å². The first-order valence-corrected chi connectivity index (χ1v) is 5.04. The van der Waals surface area contributed by atoms with Gasteiger partial charge in [0.05, 0.1) is 12.5 Å². The van der Waals surface area contributed by atoms with Gasteiger partial charge in [0.25, 0.3) is 0 Å². The van der Waals surface area contributed by atoms with Crippen molar-refractivity contribution in [1.29, 1.82) is 0 Å². The van der Waals surface area contributed by atoms with Crippen LogP contribution < -0.4 is 0 Å². The highest BCUT2D eigenvalue weighted by atomic mass is 16.5. The lowest BCUT2D eigenvalue weighted by Gasteiger charge is -2.00. The van der Waals surface area contributed by atoms with Crippen LogP contribution in [0.1, 0.15) is 24.8 Å². The van der Waals surface area contributed by atoms with Crippen LogP contribution in [-0.2, 0) is 9.53 Å². The van der Waals surface area contributed by atoms with Crippen LogP contribution in [0.2, 0.25) is 0 Å². The van der Waals surface area contributed by atoms with E-state index in [4.69, 9.17) is 4.74 Å². The molecule has 1 saturated carbocycles. The van der Waals surface area contributed by atoms with Crippen LogP contribution >= 0.6 is 0 Å². The molecule has 1 aromatic carbocycles. The minimum absolute atomic E-state index is 0.0404. The van der Waals surface area contributed by atoms with Gasteiger partial charge in [0.15, 0.2) is 0 Å². The van der Waals surface area contributed by atoms with Gasteiger partial charge in [0.2, 0.25) is 0 Å². The topological polar surface area (TPSA) is 26.3 Å². The molecule has 14 heavy (non-hydrogen) atoms. The second-order valence-electron chi connectivity index (χ2n) is 3.61. The maximum absolute atomic E-state index is 11.4. The first-order valence-electron chi connectivity index (χ1n) is 5.04. The Morgan fingerprint density at radius 2 is 2.14 bits per heavy atom. The summed E-state index contributed by atoms with van der Waals surface area (Å²) < 4.78 is 4.98. The zero-order chi connectivity index (χ0) is 9.97. The molecule has 0 heterocycles. The largest absolute Gasteiger partial charge is 0.466 e. The summed E-state index contributed by atoms with van der Waals surface area (Å²) in [6, 6.07) is 10.2. The molecule has 0 amide bonds. The molecule has 2 atom stereocenters. The average molecular weight is 190 g/mol. The maximum atomic E-state index is 11.4. The van der Waals surface area contributed by atoms with Gasteiger partial charge in [0, 0.05) is 0 Å². The van der Waals surface area contributed by atoms with E-state index < -0.39 is 0 Å². The Morgan fingerprint density at radius 1 is 1.43 bits per heavy atom. The monoisotopic (exact) mass is 190 g/mol.